The fraction of sp³-hybridized carbons (Fsp3) is 0.400. The second kappa shape index (κ2) is 5.50. The van der Waals surface area contributed by atoms with Gasteiger partial charge in [0.25, 0.3) is 0 Å². The molecule has 0 atom stereocenters. The Labute approximate surface area is 92.2 Å². The number of ether oxygens (including phenoxy) is 1. The van der Waals surface area contributed by atoms with E-state index in [0.717, 1.165) is 10.6 Å². The Morgan fingerprint density at radius 3 is 2.80 bits per heavy atom. The molecule has 1 heterocycles. The Morgan fingerprint density at radius 1 is 1.53 bits per heavy atom. The summed E-state index contributed by atoms with van der Waals surface area (Å²) < 4.78 is 4.67. The minimum absolute atomic E-state index is 0.231. The first-order valence-electron chi connectivity index (χ1n) is 4.63. The molecule has 1 N–H and O–H groups in total. The van der Waals surface area contributed by atoms with E-state index < -0.39 is 5.97 Å². The van der Waals surface area contributed by atoms with Gasteiger partial charge in [0.2, 0.25) is 5.91 Å². The van der Waals surface area contributed by atoms with E-state index in [4.69, 9.17) is 0 Å². The smallest absolute Gasteiger partial charge is 0.315 e. The molecule has 1 aromatic heterocycles. The maximum absolute atomic E-state index is 11.3. The number of carbonyl (C=O) groups is 2. The number of rotatable bonds is 4. The van der Waals surface area contributed by atoms with E-state index in [1.807, 2.05) is 18.4 Å². The quantitative estimate of drug-likeness (QED) is 0.631. The number of carbonyl (C=O) groups excluding carboxylic acids is 2. The highest BCUT2D eigenvalue weighted by Crippen LogP contribution is 2.21. The third-order valence-corrected chi connectivity index (χ3v) is 2.66. The standard InChI is InChI=1S/C10H13NO3S/c1-3-14-9(13)6-8(12)11-10-7(2)4-5-15-10/h4-5H,3,6H2,1-2H3,(H,11,12). The van der Waals surface area contributed by atoms with Crippen molar-refractivity contribution in [2.75, 3.05) is 11.9 Å². The van der Waals surface area contributed by atoms with Crippen molar-refractivity contribution >= 4 is 28.2 Å². The molecular weight excluding hydrogens is 214 g/mol. The van der Waals surface area contributed by atoms with Crippen LogP contribution in [0.5, 0.6) is 0 Å². The Hall–Kier alpha value is -1.36. The van der Waals surface area contributed by atoms with Crippen LogP contribution in [0.15, 0.2) is 11.4 Å². The number of thiophene rings is 1. The Morgan fingerprint density at radius 2 is 2.27 bits per heavy atom. The molecule has 0 aliphatic rings. The lowest BCUT2D eigenvalue weighted by molar-refractivity contribution is -0.145. The van der Waals surface area contributed by atoms with Crippen molar-refractivity contribution in [3.05, 3.63) is 17.0 Å². The molecule has 0 aromatic carbocycles. The summed E-state index contributed by atoms with van der Waals surface area (Å²) in [6, 6.07) is 1.91. The number of anilines is 1. The SMILES string of the molecule is CCOC(=O)CC(=O)Nc1sccc1C. The maximum atomic E-state index is 11.3. The number of esters is 1. The van der Waals surface area contributed by atoms with Gasteiger partial charge in [-0.15, -0.1) is 11.3 Å². The molecule has 4 nitrogen and oxygen atoms in total. The first-order chi connectivity index (χ1) is 7.13. The number of hydrogen-bond donors (Lipinski definition) is 1. The van der Waals surface area contributed by atoms with E-state index >= 15 is 0 Å². The molecule has 5 heteroatoms. The zero-order chi connectivity index (χ0) is 11.3. The molecule has 1 rings (SSSR count). The predicted molar refractivity (Wildman–Crippen MR) is 58.9 cm³/mol. The van der Waals surface area contributed by atoms with Gasteiger partial charge in [-0.25, -0.2) is 0 Å². The number of nitrogens with one attached hydrogen (secondary N) is 1. The Kier molecular flexibility index (Phi) is 4.30. The summed E-state index contributed by atoms with van der Waals surface area (Å²) in [4.78, 5) is 22.3. The molecular formula is C10H13NO3S. The van der Waals surface area contributed by atoms with Gasteiger partial charge in [-0.2, -0.15) is 0 Å². The molecule has 15 heavy (non-hydrogen) atoms. The maximum Gasteiger partial charge on any atom is 0.315 e. The van der Waals surface area contributed by atoms with Crippen molar-refractivity contribution in [2.45, 2.75) is 20.3 Å². The highest BCUT2D eigenvalue weighted by Gasteiger charge is 2.11. The first kappa shape index (κ1) is 11.7. The minimum atomic E-state index is -0.496. The van der Waals surface area contributed by atoms with Crippen LogP contribution in [-0.2, 0) is 14.3 Å². The van der Waals surface area contributed by atoms with Crippen molar-refractivity contribution in [3.8, 4) is 0 Å². The van der Waals surface area contributed by atoms with Crippen molar-refractivity contribution < 1.29 is 14.3 Å². The fourth-order valence-corrected chi connectivity index (χ4v) is 1.85. The van der Waals surface area contributed by atoms with E-state index in [1.54, 1.807) is 6.92 Å². The van der Waals surface area contributed by atoms with Crippen molar-refractivity contribution in [3.63, 3.8) is 0 Å². The van der Waals surface area contributed by atoms with Gasteiger partial charge in [-0.3, -0.25) is 9.59 Å². The Bertz CT molecular complexity index is 359. The normalized spacial score (nSPS) is 9.73. The van der Waals surface area contributed by atoms with E-state index in [0.29, 0.717) is 6.61 Å². The van der Waals surface area contributed by atoms with Gasteiger partial charge in [0.05, 0.1) is 11.6 Å². The van der Waals surface area contributed by atoms with Gasteiger partial charge in [-0.1, -0.05) is 0 Å². The van der Waals surface area contributed by atoms with Crippen LogP contribution in [-0.4, -0.2) is 18.5 Å². The van der Waals surface area contributed by atoms with Gasteiger partial charge in [-0.05, 0) is 30.9 Å². The summed E-state index contributed by atoms with van der Waals surface area (Å²) >= 11 is 1.43. The third-order valence-electron chi connectivity index (χ3n) is 1.73. The predicted octanol–water partition coefficient (Wildman–Crippen LogP) is 1.95. The number of amides is 1. The summed E-state index contributed by atoms with van der Waals surface area (Å²) in [5, 5.41) is 5.32. The summed E-state index contributed by atoms with van der Waals surface area (Å²) in [5.74, 6) is -0.830. The van der Waals surface area contributed by atoms with Gasteiger partial charge < -0.3 is 10.1 Å². The molecule has 0 spiro atoms. The van der Waals surface area contributed by atoms with Crippen LogP contribution < -0.4 is 5.32 Å². The van der Waals surface area contributed by atoms with Crippen LogP contribution >= 0.6 is 11.3 Å². The molecule has 0 saturated heterocycles. The molecule has 0 aliphatic carbocycles. The van der Waals surface area contributed by atoms with Crippen LogP contribution in [0, 0.1) is 6.92 Å². The lowest BCUT2D eigenvalue weighted by Crippen LogP contribution is -2.17. The van der Waals surface area contributed by atoms with E-state index in [9.17, 15) is 9.59 Å². The summed E-state index contributed by atoms with van der Waals surface area (Å²) in [5.41, 5.74) is 0.997. The molecule has 0 saturated carbocycles. The van der Waals surface area contributed by atoms with Crippen LogP contribution in [0.3, 0.4) is 0 Å². The largest absolute Gasteiger partial charge is 0.466 e. The van der Waals surface area contributed by atoms with Crippen LogP contribution in [0.4, 0.5) is 5.00 Å². The van der Waals surface area contributed by atoms with Crippen LogP contribution in [0.2, 0.25) is 0 Å². The molecule has 1 amide bonds. The minimum Gasteiger partial charge on any atom is -0.466 e. The van der Waals surface area contributed by atoms with Crippen LogP contribution in [0.25, 0.3) is 0 Å². The van der Waals surface area contributed by atoms with Crippen molar-refractivity contribution in [1.82, 2.24) is 0 Å². The average Bonchev–Trinajstić information content (AvgIpc) is 2.52. The van der Waals surface area contributed by atoms with Crippen molar-refractivity contribution in [1.29, 1.82) is 0 Å². The molecule has 0 unspecified atom stereocenters. The molecule has 82 valence electrons. The average molecular weight is 227 g/mol. The van der Waals surface area contributed by atoms with E-state index in [2.05, 4.69) is 10.1 Å². The summed E-state index contributed by atoms with van der Waals surface area (Å²) in [7, 11) is 0. The summed E-state index contributed by atoms with van der Waals surface area (Å²) in [6.45, 7) is 3.90. The lowest BCUT2D eigenvalue weighted by Gasteiger charge is -2.03. The van der Waals surface area contributed by atoms with Gasteiger partial charge in [0, 0.05) is 0 Å². The monoisotopic (exact) mass is 227 g/mol. The highest BCUT2D eigenvalue weighted by molar-refractivity contribution is 7.14. The second-order valence-electron chi connectivity index (χ2n) is 2.96. The van der Waals surface area contributed by atoms with Crippen molar-refractivity contribution in [2.24, 2.45) is 0 Å². The topological polar surface area (TPSA) is 55.4 Å². The third kappa shape index (κ3) is 3.71. The molecule has 0 fully saturated rings. The zero-order valence-electron chi connectivity index (χ0n) is 8.70. The second-order valence-corrected chi connectivity index (χ2v) is 3.88. The van der Waals surface area contributed by atoms with Gasteiger partial charge >= 0.3 is 5.97 Å². The first-order valence-corrected chi connectivity index (χ1v) is 5.51. The molecule has 0 bridgehead atoms. The molecule has 1 aromatic rings. The van der Waals surface area contributed by atoms with Crippen LogP contribution in [0.1, 0.15) is 18.9 Å². The Balaban J connectivity index is 2.43. The zero-order valence-corrected chi connectivity index (χ0v) is 9.52. The fourth-order valence-electron chi connectivity index (χ4n) is 1.01. The lowest BCUT2D eigenvalue weighted by atomic mass is 10.3. The number of aryl methyl sites for hydroxylation is 1. The van der Waals surface area contributed by atoms with Gasteiger partial charge in [0.1, 0.15) is 6.42 Å². The molecule has 0 aliphatic heterocycles. The molecule has 0 radical (unpaired) electrons. The summed E-state index contributed by atoms with van der Waals surface area (Å²) in [6.07, 6.45) is -0.231. The highest BCUT2D eigenvalue weighted by atomic mass is 32.1. The van der Waals surface area contributed by atoms with E-state index in [-0.39, 0.29) is 12.3 Å². The number of hydrogen-bond acceptors (Lipinski definition) is 4. The van der Waals surface area contributed by atoms with E-state index in [1.165, 1.54) is 11.3 Å². The van der Waals surface area contributed by atoms with Gasteiger partial charge in [0.15, 0.2) is 0 Å².